The van der Waals surface area contributed by atoms with E-state index in [2.05, 4.69) is 5.32 Å². The Morgan fingerprint density at radius 2 is 1.86 bits per heavy atom. The van der Waals surface area contributed by atoms with Gasteiger partial charge in [0.2, 0.25) is 5.91 Å². The molecular formula is C26H22ClF3N2O2S2. The first kappa shape index (κ1) is 24.1. The lowest BCUT2D eigenvalue weighted by atomic mass is 9.75. The van der Waals surface area contributed by atoms with E-state index in [1.165, 1.54) is 47.3 Å². The summed E-state index contributed by atoms with van der Waals surface area (Å²) in [6.45, 7) is -0.243. The maximum atomic E-state index is 13.1. The van der Waals surface area contributed by atoms with E-state index < -0.39 is 17.6 Å². The van der Waals surface area contributed by atoms with E-state index in [4.69, 9.17) is 11.6 Å². The van der Waals surface area contributed by atoms with Gasteiger partial charge in [-0.3, -0.25) is 14.2 Å². The number of carbonyl (C=O) groups excluding carboxylic acids is 1. The summed E-state index contributed by atoms with van der Waals surface area (Å²) in [7, 11) is 0. The summed E-state index contributed by atoms with van der Waals surface area (Å²) in [5.41, 5.74) is 0.339. The summed E-state index contributed by atoms with van der Waals surface area (Å²) >= 11 is 9.04. The smallest absolute Gasteiger partial charge is 0.325 e. The molecule has 2 bridgehead atoms. The van der Waals surface area contributed by atoms with Crippen molar-refractivity contribution in [1.82, 2.24) is 4.57 Å². The normalized spacial score (nSPS) is 26.5. The lowest BCUT2D eigenvalue weighted by Crippen LogP contribution is -2.34. The average Bonchev–Trinajstić information content (AvgIpc) is 3.52. The zero-order valence-electron chi connectivity index (χ0n) is 18.9. The van der Waals surface area contributed by atoms with Gasteiger partial charge >= 0.3 is 11.0 Å². The third-order valence-corrected chi connectivity index (χ3v) is 10.8. The lowest BCUT2D eigenvalue weighted by Gasteiger charge is -2.40. The monoisotopic (exact) mass is 550 g/mol. The number of hydrogen-bond acceptors (Lipinski definition) is 4. The summed E-state index contributed by atoms with van der Waals surface area (Å²) in [4.78, 5) is 26.7. The van der Waals surface area contributed by atoms with Gasteiger partial charge in [0.25, 0.3) is 0 Å². The molecule has 36 heavy (non-hydrogen) atoms. The van der Waals surface area contributed by atoms with Gasteiger partial charge in [-0.05, 0) is 72.9 Å². The number of fused-ring (bicyclic) bond motifs is 6. The number of rotatable bonds is 4. The van der Waals surface area contributed by atoms with Gasteiger partial charge < -0.3 is 5.32 Å². The molecule has 4 nitrogen and oxygen atoms in total. The Hall–Kier alpha value is -2.23. The summed E-state index contributed by atoms with van der Waals surface area (Å²) in [5.74, 6) is 1.19. The van der Waals surface area contributed by atoms with Gasteiger partial charge in [0, 0.05) is 26.8 Å². The van der Waals surface area contributed by atoms with Crippen LogP contribution in [-0.2, 0) is 17.5 Å². The first-order valence-corrected chi connectivity index (χ1v) is 13.9. The number of carbonyl (C=O) groups is 1. The molecule has 5 atom stereocenters. The minimum Gasteiger partial charge on any atom is -0.325 e. The molecule has 188 valence electrons. The van der Waals surface area contributed by atoms with Crippen LogP contribution in [0.2, 0.25) is 5.02 Å². The van der Waals surface area contributed by atoms with Crippen LogP contribution in [0.25, 0.3) is 0 Å². The molecule has 2 fully saturated rings. The largest absolute Gasteiger partial charge is 0.416 e. The van der Waals surface area contributed by atoms with Gasteiger partial charge in [-0.15, -0.1) is 11.8 Å². The second-order valence-electron chi connectivity index (χ2n) is 9.77. The van der Waals surface area contributed by atoms with Crippen LogP contribution in [-0.4, -0.2) is 15.7 Å². The molecule has 0 spiro atoms. The molecule has 2 aromatic carbocycles. The molecule has 6 rings (SSSR count). The van der Waals surface area contributed by atoms with Crippen molar-refractivity contribution in [2.24, 2.45) is 17.8 Å². The summed E-state index contributed by atoms with van der Waals surface area (Å²) in [6, 6.07) is 12.3. The van der Waals surface area contributed by atoms with Crippen molar-refractivity contribution in [2.45, 2.75) is 48.2 Å². The molecule has 0 saturated heterocycles. The maximum Gasteiger partial charge on any atom is 0.416 e. The molecule has 10 heteroatoms. The summed E-state index contributed by atoms with van der Waals surface area (Å²) < 4.78 is 40.7. The molecule has 2 heterocycles. The Balaban J connectivity index is 1.32. The van der Waals surface area contributed by atoms with Crippen molar-refractivity contribution in [3.8, 4) is 0 Å². The number of nitrogens with one attached hydrogen (secondary N) is 1. The van der Waals surface area contributed by atoms with E-state index >= 15 is 0 Å². The first-order chi connectivity index (χ1) is 17.2. The number of amides is 1. The van der Waals surface area contributed by atoms with Crippen LogP contribution in [0, 0.1) is 17.8 Å². The summed E-state index contributed by atoms with van der Waals surface area (Å²) in [5, 5.41) is 4.39. The molecule has 1 aliphatic heterocycles. The highest BCUT2D eigenvalue weighted by atomic mass is 35.5. The van der Waals surface area contributed by atoms with Crippen molar-refractivity contribution in [1.29, 1.82) is 0 Å². The standard InChI is InChI=1S/C26H22ClF3N2O2S2/c27-17-8-6-13(7-9-17)20-21-14-4-5-15(10-14)22(21)35-24-23(20)36-25(34)32(24)12-19(33)31-18-3-1-2-16(11-18)26(28,29)30/h1-3,6-9,11,14-15,20-22H,4-5,10,12H2,(H,31,33)/t14?,15?,20-,21?,22?/m0/s1. The van der Waals surface area contributed by atoms with E-state index in [-0.39, 0.29) is 23.0 Å². The highest BCUT2D eigenvalue weighted by Gasteiger charge is 2.55. The fourth-order valence-electron chi connectivity index (χ4n) is 6.25. The Bertz CT molecular complexity index is 1390. The van der Waals surface area contributed by atoms with Gasteiger partial charge in [0.15, 0.2) is 0 Å². The fourth-order valence-corrected chi connectivity index (χ4v) is 9.52. The molecule has 1 aromatic heterocycles. The van der Waals surface area contributed by atoms with Crippen molar-refractivity contribution >= 4 is 46.3 Å². The minimum absolute atomic E-state index is 0.0480. The maximum absolute atomic E-state index is 13.1. The molecule has 2 aliphatic carbocycles. The number of benzene rings is 2. The first-order valence-electron chi connectivity index (χ1n) is 11.8. The molecule has 3 aliphatic rings. The molecule has 3 aromatic rings. The van der Waals surface area contributed by atoms with Gasteiger partial charge in [-0.2, -0.15) is 13.2 Å². The fraction of sp³-hybridized carbons (Fsp3) is 0.385. The van der Waals surface area contributed by atoms with E-state index in [9.17, 15) is 22.8 Å². The van der Waals surface area contributed by atoms with Crippen molar-refractivity contribution in [2.75, 3.05) is 5.32 Å². The van der Waals surface area contributed by atoms with Crippen LogP contribution < -0.4 is 10.2 Å². The SMILES string of the molecule is O=C(Cn1c2c(sc1=O)[C@@H](c1ccc(Cl)cc1)C1C3CCC(C3)C1S2)Nc1cccc(C(F)(F)F)c1. The van der Waals surface area contributed by atoms with Gasteiger partial charge in [0.05, 0.1) is 10.6 Å². The van der Waals surface area contributed by atoms with Crippen molar-refractivity contribution in [3.63, 3.8) is 0 Å². The number of thiazole rings is 1. The molecule has 0 radical (unpaired) electrons. The molecule has 4 unspecified atom stereocenters. The number of halogens is 4. The number of anilines is 1. The third-order valence-electron chi connectivity index (χ3n) is 7.70. The molecule has 1 amide bonds. The van der Waals surface area contributed by atoms with E-state index in [1.54, 1.807) is 11.8 Å². The van der Waals surface area contributed by atoms with Crippen LogP contribution in [0.3, 0.4) is 0 Å². The quantitative estimate of drug-likeness (QED) is 0.385. The highest BCUT2D eigenvalue weighted by Crippen LogP contribution is 2.64. The highest BCUT2D eigenvalue weighted by molar-refractivity contribution is 8.00. The second kappa shape index (κ2) is 8.96. The van der Waals surface area contributed by atoms with Gasteiger partial charge in [-0.25, -0.2) is 0 Å². The second-order valence-corrected chi connectivity index (χ2v) is 12.4. The topological polar surface area (TPSA) is 51.1 Å². The minimum atomic E-state index is -4.51. The van der Waals surface area contributed by atoms with Crippen LogP contribution in [0.4, 0.5) is 18.9 Å². The van der Waals surface area contributed by atoms with Crippen LogP contribution >= 0.6 is 34.7 Å². The van der Waals surface area contributed by atoms with E-state index in [1.807, 2.05) is 24.3 Å². The Labute approximate surface area is 218 Å². The zero-order valence-corrected chi connectivity index (χ0v) is 21.3. The van der Waals surface area contributed by atoms with Gasteiger partial charge in [0.1, 0.15) is 6.54 Å². The number of hydrogen-bond donors (Lipinski definition) is 1. The predicted octanol–water partition coefficient (Wildman–Crippen LogP) is 6.87. The number of nitrogens with zero attached hydrogens (tertiary/aromatic N) is 1. The predicted molar refractivity (Wildman–Crippen MR) is 136 cm³/mol. The lowest BCUT2D eigenvalue weighted by molar-refractivity contribution is -0.137. The van der Waals surface area contributed by atoms with Crippen molar-refractivity contribution < 1.29 is 18.0 Å². The third kappa shape index (κ3) is 4.19. The van der Waals surface area contributed by atoms with Crippen LogP contribution in [0.15, 0.2) is 58.4 Å². The zero-order chi connectivity index (χ0) is 25.2. The number of thioether (sulfide) groups is 1. The molecule has 2 saturated carbocycles. The van der Waals surface area contributed by atoms with Crippen LogP contribution in [0.5, 0.6) is 0 Å². The number of alkyl halides is 3. The van der Waals surface area contributed by atoms with Crippen LogP contribution in [0.1, 0.15) is 41.2 Å². The average molecular weight is 551 g/mol. The number of aromatic nitrogens is 1. The molecule has 1 N–H and O–H groups in total. The molecular weight excluding hydrogens is 529 g/mol. The van der Waals surface area contributed by atoms with Gasteiger partial charge in [-0.1, -0.05) is 41.1 Å². The Morgan fingerprint density at radius 1 is 1.11 bits per heavy atom. The van der Waals surface area contributed by atoms with E-state index in [0.29, 0.717) is 28.0 Å². The van der Waals surface area contributed by atoms with E-state index in [0.717, 1.165) is 27.6 Å². The summed E-state index contributed by atoms with van der Waals surface area (Å²) in [6.07, 6.45) is -0.914. The Kier molecular flexibility index (Phi) is 6.00. The Morgan fingerprint density at radius 3 is 2.61 bits per heavy atom. The van der Waals surface area contributed by atoms with Crippen molar-refractivity contribution in [3.05, 3.63) is 79.2 Å².